The molecule has 0 amide bonds. The lowest BCUT2D eigenvalue weighted by Gasteiger charge is -2.04. The summed E-state index contributed by atoms with van der Waals surface area (Å²) in [5, 5.41) is 2.85. The van der Waals surface area contributed by atoms with E-state index in [0.29, 0.717) is 0 Å². The second kappa shape index (κ2) is 4.39. The standard InChI is InChI=1S/C13H13P/c1-11-7-5-6-10-13(11)14-12-8-3-2-4-9-12/h2-10,14H,1H3. The Kier molecular flexibility index (Phi) is 2.96. The van der Waals surface area contributed by atoms with E-state index < -0.39 is 0 Å². The predicted octanol–water partition coefficient (Wildman–Crippen LogP) is 2.62. The van der Waals surface area contributed by atoms with Crippen molar-refractivity contribution in [1.29, 1.82) is 0 Å². The van der Waals surface area contributed by atoms with Crippen LogP contribution in [0.3, 0.4) is 0 Å². The van der Waals surface area contributed by atoms with Gasteiger partial charge in [0.05, 0.1) is 0 Å². The molecule has 0 radical (unpaired) electrons. The Morgan fingerprint density at radius 1 is 0.786 bits per heavy atom. The maximum Gasteiger partial charge on any atom is -0.0197 e. The van der Waals surface area contributed by atoms with Crippen LogP contribution in [-0.4, -0.2) is 0 Å². The Labute approximate surface area is 86.8 Å². The summed E-state index contributed by atoms with van der Waals surface area (Å²) >= 11 is 0. The van der Waals surface area contributed by atoms with Gasteiger partial charge in [0.15, 0.2) is 0 Å². The van der Waals surface area contributed by atoms with Gasteiger partial charge in [-0.05, 0) is 23.1 Å². The minimum Gasteiger partial charge on any atom is -0.0622 e. The molecule has 1 unspecified atom stereocenters. The second-order valence-corrected chi connectivity index (χ2v) is 4.67. The molecular formula is C13H13P. The molecular weight excluding hydrogens is 187 g/mol. The van der Waals surface area contributed by atoms with Gasteiger partial charge in [0.2, 0.25) is 0 Å². The highest BCUT2D eigenvalue weighted by Crippen LogP contribution is 2.12. The quantitative estimate of drug-likeness (QED) is 0.654. The van der Waals surface area contributed by atoms with E-state index in [1.807, 2.05) is 0 Å². The number of rotatable bonds is 2. The number of benzene rings is 2. The van der Waals surface area contributed by atoms with Gasteiger partial charge in [-0.15, -0.1) is 0 Å². The maximum atomic E-state index is 2.21. The molecule has 2 aromatic rings. The van der Waals surface area contributed by atoms with Crippen LogP contribution in [0.2, 0.25) is 0 Å². The van der Waals surface area contributed by atoms with Gasteiger partial charge in [-0.2, -0.15) is 0 Å². The van der Waals surface area contributed by atoms with E-state index >= 15 is 0 Å². The monoisotopic (exact) mass is 200 g/mol. The van der Waals surface area contributed by atoms with E-state index in [4.69, 9.17) is 0 Å². The lowest BCUT2D eigenvalue weighted by Crippen LogP contribution is -2.05. The average Bonchev–Trinajstić information content (AvgIpc) is 2.23. The first-order chi connectivity index (χ1) is 6.86. The minimum atomic E-state index is 0.776. The van der Waals surface area contributed by atoms with Crippen molar-refractivity contribution in [1.82, 2.24) is 0 Å². The fourth-order valence-corrected chi connectivity index (χ4v) is 2.52. The summed E-state index contributed by atoms with van der Waals surface area (Å²) in [6, 6.07) is 19.2. The largest absolute Gasteiger partial charge is 0.0622 e. The molecule has 0 heterocycles. The molecule has 14 heavy (non-hydrogen) atoms. The van der Waals surface area contributed by atoms with Crippen molar-refractivity contribution >= 4 is 19.2 Å². The Balaban J connectivity index is 2.24. The van der Waals surface area contributed by atoms with Crippen LogP contribution in [-0.2, 0) is 0 Å². The molecule has 2 rings (SSSR count). The van der Waals surface area contributed by atoms with Crippen molar-refractivity contribution in [2.75, 3.05) is 0 Å². The lowest BCUT2D eigenvalue weighted by molar-refractivity contribution is 1.52. The van der Waals surface area contributed by atoms with Crippen LogP contribution in [0.25, 0.3) is 0 Å². The normalized spacial score (nSPS) is 10.9. The Morgan fingerprint density at radius 3 is 2.14 bits per heavy atom. The first-order valence-electron chi connectivity index (χ1n) is 4.74. The third kappa shape index (κ3) is 2.21. The molecule has 0 aliphatic rings. The zero-order chi connectivity index (χ0) is 9.80. The van der Waals surface area contributed by atoms with Crippen LogP contribution in [0.4, 0.5) is 0 Å². The molecule has 0 saturated carbocycles. The molecule has 0 N–H and O–H groups in total. The van der Waals surface area contributed by atoms with E-state index in [-0.39, 0.29) is 0 Å². The van der Waals surface area contributed by atoms with E-state index in [0.717, 1.165) is 8.58 Å². The summed E-state index contributed by atoms with van der Waals surface area (Å²) in [4.78, 5) is 0. The molecule has 0 fully saturated rings. The lowest BCUT2D eigenvalue weighted by atomic mass is 10.2. The molecule has 0 spiro atoms. The fraction of sp³-hybridized carbons (Fsp3) is 0.0769. The molecule has 0 nitrogen and oxygen atoms in total. The van der Waals surface area contributed by atoms with Gasteiger partial charge in [-0.3, -0.25) is 0 Å². The van der Waals surface area contributed by atoms with Crippen molar-refractivity contribution < 1.29 is 0 Å². The van der Waals surface area contributed by atoms with Crippen molar-refractivity contribution in [2.45, 2.75) is 6.92 Å². The third-order valence-electron chi connectivity index (χ3n) is 2.20. The molecule has 1 atom stereocenters. The Morgan fingerprint density at radius 2 is 1.43 bits per heavy atom. The van der Waals surface area contributed by atoms with Crippen LogP contribution in [0.15, 0.2) is 54.6 Å². The average molecular weight is 200 g/mol. The first kappa shape index (κ1) is 9.43. The summed E-state index contributed by atoms with van der Waals surface area (Å²) in [7, 11) is 0.776. The zero-order valence-electron chi connectivity index (χ0n) is 8.20. The van der Waals surface area contributed by atoms with Gasteiger partial charge < -0.3 is 0 Å². The van der Waals surface area contributed by atoms with E-state index in [2.05, 4.69) is 61.5 Å². The highest BCUT2D eigenvalue weighted by atomic mass is 31.1. The van der Waals surface area contributed by atoms with E-state index in [1.165, 1.54) is 16.2 Å². The SMILES string of the molecule is Cc1ccccc1Pc1ccccc1. The fourth-order valence-electron chi connectivity index (χ4n) is 1.39. The maximum absolute atomic E-state index is 2.21. The van der Waals surface area contributed by atoms with Gasteiger partial charge in [0.1, 0.15) is 0 Å². The molecule has 0 aliphatic heterocycles. The first-order valence-corrected chi connectivity index (χ1v) is 5.74. The summed E-state index contributed by atoms with van der Waals surface area (Å²) in [6.45, 7) is 2.17. The van der Waals surface area contributed by atoms with Crippen LogP contribution in [0.1, 0.15) is 5.56 Å². The second-order valence-electron chi connectivity index (χ2n) is 3.31. The Bertz CT molecular complexity index is 407. The zero-order valence-corrected chi connectivity index (χ0v) is 9.20. The summed E-state index contributed by atoms with van der Waals surface area (Å²) in [5.41, 5.74) is 1.38. The molecule has 1 heteroatoms. The van der Waals surface area contributed by atoms with E-state index in [9.17, 15) is 0 Å². The molecule has 0 saturated heterocycles. The van der Waals surface area contributed by atoms with Crippen molar-refractivity contribution in [3.63, 3.8) is 0 Å². The molecule has 70 valence electrons. The minimum absolute atomic E-state index is 0.776. The summed E-state index contributed by atoms with van der Waals surface area (Å²) < 4.78 is 0. The topological polar surface area (TPSA) is 0 Å². The van der Waals surface area contributed by atoms with Gasteiger partial charge in [-0.25, -0.2) is 0 Å². The van der Waals surface area contributed by atoms with Crippen molar-refractivity contribution in [3.05, 3.63) is 60.2 Å². The highest BCUT2D eigenvalue weighted by Gasteiger charge is 1.97. The molecule has 0 aromatic heterocycles. The molecule has 2 aromatic carbocycles. The predicted molar refractivity (Wildman–Crippen MR) is 65.2 cm³/mol. The van der Waals surface area contributed by atoms with Crippen molar-refractivity contribution in [3.8, 4) is 0 Å². The molecule has 0 aliphatic carbocycles. The van der Waals surface area contributed by atoms with Gasteiger partial charge in [0.25, 0.3) is 0 Å². The van der Waals surface area contributed by atoms with Crippen LogP contribution in [0.5, 0.6) is 0 Å². The third-order valence-corrected chi connectivity index (χ3v) is 3.65. The number of hydrogen-bond acceptors (Lipinski definition) is 0. The highest BCUT2D eigenvalue weighted by molar-refractivity contribution is 7.55. The van der Waals surface area contributed by atoms with E-state index in [1.54, 1.807) is 0 Å². The van der Waals surface area contributed by atoms with Gasteiger partial charge in [0, 0.05) is 0 Å². The van der Waals surface area contributed by atoms with Crippen LogP contribution < -0.4 is 10.6 Å². The smallest absolute Gasteiger partial charge is 0.0197 e. The summed E-state index contributed by atoms with van der Waals surface area (Å²) in [5.74, 6) is 0. The van der Waals surface area contributed by atoms with Crippen LogP contribution in [0, 0.1) is 6.92 Å². The summed E-state index contributed by atoms with van der Waals surface area (Å²) in [6.07, 6.45) is 0. The van der Waals surface area contributed by atoms with Gasteiger partial charge in [-0.1, -0.05) is 63.2 Å². The molecule has 0 bridgehead atoms. The van der Waals surface area contributed by atoms with Crippen LogP contribution >= 0.6 is 8.58 Å². The van der Waals surface area contributed by atoms with Gasteiger partial charge >= 0.3 is 0 Å². The van der Waals surface area contributed by atoms with Crippen molar-refractivity contribution in [2.24, 2.45) is 0 Å². The Hall–Kier alpha value is -1.13. The number of hydrogen-bond donors (Lipinski definition) is 0. The number of aryl methyl sites for hydroxylation is 1.